The molecule has 0 bridgehead atoms. The molecular formula is C19H24BrN5O3. The number of fused-ring (bicyclic) bond motifs is 1. The topological polar surface area (TPSA) is 93.3 Å². The van der Waals surface area contributed by atoms with Crippen molar-refractivity contribution in [3.8, 4) is 0 Å². The van der Waals surface area contributed by atoms with Crippen LogP contribution in [0.5, 0.6) is 0 Å². The Balaban J connectivity index is 1.36. The lowest BCUT2D eigenvalue weighted by Gasteiger charge is -2.32. The van der Waals surface area contributed by atoms with Crippen LogP contribution in [0.15, 0.2) is 21.2 Å². The Morgan fingerprint density at radius 2 is 2.07 bits per heavy atom. The SMILES string of the molecule is O=C(NCC(=O)N1CCCC(c2nnc3n2CCCCC3)C1)c1ccc(Br)o1. The number of rotatable bonds is 4. The van der Waals surface area contributed by atoms with Crippen molar-refractivity contribution in [1.29, 1.82) is 0 Å². The number of hydrogen-bond donors (Lipinski definition) is 1. The summed E-state index contributed by atoms with van der Waals surface area (Å²) in [6, 6.07) is 3.21. The van der Waals surface area contributed by atoms with Gasteiger partial charge in [-0.3, -0.25) is 9.59 Å². The van der Waals surface area contributed by atoms with Gasteiger partial charge in [0.2, 0.25) is 5.91 Å². The lowest BCUT2D eigenvalue weighted by atomic mass is 9.97. The summed E-state index contributed by atoms with van der Waals surface area (Å²) in [7, 11) is 0. The summed E-state index contributed by atoms with van der Waals surface area (Å²) in [4.78, 5) is 26.5. The minimum Gasteiger partial charge on any atom is -0.444 e. The minimum absolute atomic E-state index is 0.0399. The Morgan fingerprint density at radius 3 is 2.89 bits per heavy atom. The summed E-state index contributed by atoms with van der Waals surface area (Å²) >= 11 is 3.16. The van der Waals surface area contributed by atoms with Gasteiger partial charge in [0.25, 0.3) is 5.91 Å². The third-order valence-electron chi connectivity index (χ3n) is 5.47. The fourth-order valence-corrected chi connectivity index (χ4v) is 4.32. The Kier molecular flexibility index (Phi) is 5.79. The van der Waals surface area contributed by atoms with Crippen LogP contribution in [0.4, 0.5) is 0 Å². The van der Waals surface area contributed by atoms with Gasteiger partial charge in [-0.1, -0.05) is 6.42 Å². The average molecular weight is 450 g/mol. The molecule has 9 heteroatoms. The van der Waals surface area contributed by atoms with Crippen LogP contribution in [0.3, 0.4) is 0 Å². The fourth-order valence-electron chi connectivity index (χ4n) is 4.02. The van der Waals surface area contributed by atoms with Gasteiger partial charge in [-0.15, -0.1) is 10.2 Å². The fraction of sp³-hybridized carbons (Fsp3) is 0.579. The number of nitrogens with zero attached hydrogens (tertiary/aromatic N) is 4. The van der Waals surface area contributed by atoms with Crippen LogP contribution in [0.25, 0.3) is 0 Å². The number of halogens is 1. The first-order chi connectivity index (χ1) is 13.6. The van der Waals surface area contributed by atoms with Crippen molar-refractivity contribution >= 4 is 27.7 Å². The molecular weight excluding hydrogens is 426 g/mol. The van der Waals surface area contributed by atoms with Crippen molar-refractivity contribution in [3.05, 3.63) is 34.2 Å². The largest absolute Gasteiger partial charge is 0.444 e. The second-order valence-corrected chi connectivity index (χ2v) is 8.18. The molecule has 0 spiro atoms. The van der Waals surface area contributed by atoms with Gasteiger partial charge in [-0.25, -0.2) is 0 Å². The number of furan rings is 1. The van der Waals surface area contributed by atoms with E-state index in [1.54, 1.807) is 12.1 Å². The van der Waals surface area contributed by atoms with Gasteiger partial charge in [0.1, 0.15) is 11.6 Å². The molecule has 0 aliphatic carbocycles. The minimum atomic E-state index is -0.393. The molecule has 2 aromatic rings. The monoisotopic (exact) mass is 449 g/mol. The molecule has 0 saturated carbocycles. The maximum atomic E-state index is 12.6. The number of nitrogens with one attached hydrogen (secondary N) is 1. The maximum Gasteiger partial charge on any atom is 0.287 e. The normalized spacial score (nSPS) is 19.8. The molecule has 1 saturated heterocycles. The molecule has 2 amide bonds. The number of carbonyl (C=O) groups excluding carboxylic acids is 2. The van der Waals surface area contributed by atoms with Gasteiger partial charge in [0.05, 0.1) is 6.54 Å². The van der Waals surface area contributed by atoms with Gasteiger partial charge in [-0.2, -0.15) is 0 Å². The summed E-state index contributed by atoms with van der Waals surface area (Å²) in [5.74, 6) is 2.00. The Labute approximate surface area is 171 Å². The second-order valence-electron chi connectivity index (χ2n) is 7.40. The molecule has 150 valence electrons. The number of carbonyl (C=O) groups is 2. The van der Waals surface area contributed by atoms with E-state index in [0.717, 1.165) is 43.9 Å². The molecule has 4 heterocycles. The number of aryl methyl sites for hydroxylation is 1. The molecule has 8 nitrogen and oxygen atoms in total. The van der Waals surface area contributed by atoms with Crippen LogP contribution in [-0.2, 0) is 17.8 Å². The first-order valence-electron chi connectivity index (χ1n) is 9.85. The Hall–Kier alpha value is -2.16. The molecule has 0 radical (unpaired) electrons. The summed E-state index contributed by atoms with van der Waals surface area (Å²) in [5.41, 5.74) is 0. The van der Waals surface area contributed by atoms with Crippen molar-refractivity contribution in [2.45, 2.75) is 51.0 Å². The third kappa shape index (κ3) is 4.14. The zero-order chi connectivity index (χ0) is 19.5. The van der Waals surface area contributed by atoms with Crippen LogP contribution in [0, 0.1) is 0 Å². The van der Waals surface area contributed by atoms with Crippen LogP contribution in [0.2, 0.25) is 0 Å². The van der Waals surface area contributed by atoms with Crippen LogP contribution in [-0.4, -0.2) is 51.1 Å². The highest BCUT2D eigenvalue weighted by atomic mass is 79.9. The Bertz CT molecular complexity index is 862. The number of piperidine rings is 1. The first kappa shape index (κ1) is 19.2. The summed E-state index contributed by atoms with van der Waals surface area (Å²) in [6.07, 6.45) is 6.47. The molecule has 1 unspecified atom stereocenters. The van der Waals surface area contributed by atoms with Gasteiger partial charge in [0.15, 0.2) is 10.4 Å². The molecule has 1 fully saturated rings. The predicted octanol–water partition coefficient (Wildman–Crippen LogP) is 2.50. The first-order valence-corrected chi connectivity index (χ1v) is 10.6. The predicted molar refractivity (Wildman–Crippen MR) is 105 cm³/mol. The van der Waals surface area contributed by atoms with E-state index in [1.807, 2.05) is 4.90 Å². The average Bonchev–Trinajstić information content (AvgIpc) is 3.25. The lowest BCUT2D eigenvalue weighted by molar-refractivity contribution is -0.131. The molecule has 28 heavy (non-hydrogen) atoms. The van der Waals surface area contributed by atoms with Gasteiger partial charge < -0.3 is 19.2 Å². The molecule has 4 rings (SSSR count). The smallest absolute Gasteiger partial charge is 0.287 e. The highest BCUT2D eigenvalue weighted by Crippen LogP contribution is 2.28. The molecule has 2 aromatic heterocycles. The maximum absolute atomic E-state index is 12.6. The summed E-state index contributed by atoms with van der Waals surface area (Å²) in [6.45, 7) is 2.26. The standard InChI is InChI=1S/C19H24BrN5O3/c20-15-8-7-14(28-15)19(27)21-11-17(26)24-9-4-5-13(12-24)18-23-22-16-6-2-1-3-10-25(16)18/h7-8,13H,1-6,9-12H2,(H,21,27). The molecule has 0 aromatic carbocycles. The molecule has 1 N–H and O–H groups in total. The summed E-state index contributed by atoms with van der Waals surface area (Å²) < 4.78 is 7.96. The van der Waals surface area contributed by atoms with Crippen molar-refractivity contribution in [2.75, 3.05) is 19.6 Å². The zero-order valence-corrected chi connectivity index (χ0v) is 17.3. The van der Waals surface area contributed by atoms with E-state index < -0.39 is 5.91 Å². The number of amides is 2. The number of aromatic nitrogens is 3. The van der Waals surface area contributed by atoms with Crippen LogP contribution in [0.1, 0.15) is 60.2 Å². The Morgan fingerprint density at radius 1 is 1.18 bits per heavy atom. The van der Waals surface area contributed by atoms with Crippen molar-refractivity contribution < 1.29 is 14.0 Å². The van der Waals surface area contributed by atoms with Gasteiger partial charge >= 0.3 is 0 Å². The van der Waals surface area contributed by atoms with Crippen molar-refractivity contribution in [2.24, 2.45) is 0 Å². The lowest BCUT2D eigenvalue weighted by Crippen LogP contribution is -2.44. The van der Waals surface area contributed by atoms with E-state index in [-0.39, 0.29) is 24.1 Å². The number of likely N-dealkylation sites (tertiary alicyclic amines) is 1. The van der Waals surface area contributed by atoms with E-state index >= 15 is 0 Å². The molecule has 1 atom stereocenters. The van der Waals surface area contributed by atoms with E-state index in [0.29, 0.717) is 17.8 Å². The van der Waals surface area contributed by atoms with Gasteiger partial charge in [-0.05, 0) is 53.7 Å². The number of hydrogen-bond acceptors (Lipinski definition) is 5. The zero-order valence-electron chi connectivity index (χ0n) is 15.7. The third-order valence-corrected chi connectivity index (χ3v) is 5.90. The van der Waals surface area contributed by atoms with Crippen molar-refractivity contribution in [1.82, 2.24) is 25.0 Å². The highest BCUT2D eigenvalue weighted by Gasteiger charge is 2.29. The highest BCUT2D eigenvalue weighted by molar-refractivity contribution is 9.10. The summed E-state index contributed by atoms with van der Waals surface area (Å²) in [5, 5.41) is 11.5. The molecule has 2 aliphatic heterocycles. The molecule has 2 aliphatic rings. The van der Waals surface area contributed by atoms with Crippen LogP contribution >= 0.6 is 15.9 Å². The quantitative estimate of drug-likeness (QED) is 0.773. The van der Waals surface area contributed by atoms with E-state index in [9.17, 15) is 9.59 Å². The van der Waals surface area contributed by atoms with Crippen LogP contribution < -0.4 is 5.32 Å². The van der Waals surface area contributed by atoms with E-state index in [4.69, 9.17) is 4.42 Å². The van der Waals surface area contributed by atoms with Gasteiger partial charge in [0, 0.05) is 32.0 Å². The van der Waals surface area contributed by atoms with E-state index in [2.05, 4.69) is 36.0 Å². The second kappa shape index (κ2) is 8.46. The van der Waals surface area contributed by atoms with E-state index in [1.165, 1.54) is 12.8 Å². The van der Waals surface area contributed by atoms with Crippen molar-refractivity contribution in [3.63, 3.8) is 0 Å².